The van der Waals surface area contributed by atoms with Gasteiger partial charge in [0.15, 0.2) is 11.4 Å². The van der Waals surface area contributed by atoms with Gasteiger partial charge in [-0.3, -0.25) is 0 Å². The van der Waals surface area contributed by atoms with Gasteiger partial charge >= 0.3 is 5.97 Å². The summed E-state index contributed by atoms with van der Waals surface area (Å²) in [5.74, 6) is -0.775. The molecule has 0 aliphatic carbocycles. The minimum atomic E-state index is -1.18. The van der Waals surface area contributed by atoms with Crippen molar-refractivity contribution in [3.8, 4) is 17.6 Å². The number of aromatic nitrogens is 1. The second-order valence-electron chi connectivity index (χ2n) is 3.37. The van der Waals surface area contributed by atoms with Gasteiger partial charge in [0.2, 0.25) is 0 Å². The van der Waals surface area contributed by atoms with Crippen LogP contribution in [0.1, 0.15) is 16.1 Å². The van der Waals surface area contributed by atoms with Crippen molar-refractivity contribution in [2.24, 2.45) is 0 Å². The Morgan fingerprint density at radius 2 is 1.94 bits per heavy atom. The zero-order valence-electron chi connectivity index (χ0n) is 9.20. The Labute approximate surface area is 103 Å². The van der Waals surface area contributed by atoms with Crippen molar-refractivity contribution in [3.05, 3.63) is 53.9 Å². The van der Waals surface area contributed by atoms with E-state index in [0.717, 1.165) is 0 Å². The molecule has 0 amide bonds. The van der Waals surface area contributed by atoms with Crippen LogP contribution in [0, 0.1) is 11.3 Å². The molecule has 2 aromatic rings. The molecule has 0 unspecified atom stereocenters. The number of para-hydroxylation sites is 1. The fourth-order valence-corrected chi connectivity index (χ4v) is 1.40. The van der Waals surface area contributed by atoms with Crippen LogP contribution in [-0.2, 0) is 0 Å². The van der Waals surface area contributed by atoms with E-state index in [1.54, 1.807) is 30.3 Å². The first kappa shape index (κ1) is 11.6. The Bertz CT molecular complexity index is 632. The number of aromatic carboxylic acids is 1. The zero-order chi connectivity index (χ0) is 13.0. The molecule has 0 spiro atoms. The molecule has 0 fully saturated rings. The molecule has 0 aliphatic heterocycles. The van der Waals surface area contributed by atoms with E-state index in [-0.39, 0.29) is 11.4 Å². The lowest BCUT2D eigenvalue weighted by Crippen LogP contribution is -2.03. The second kappa shape index (κ2) is 4.97. The number of nitrogens with zero attached hydrogens (tertiary/aromatic N) is 2. The summed E-state index contributed by atoms with van der Waals surface area (Å²) in [7, 11) is 0. The number of carbonyl (C=O) groups is 1. The first-order valence-electron chi connectivity index (χ1n) is 5.07. The van der Waals surface area contributed by atoms with Gasteiger partial charge in [-0.1, -0.05) is 12.1 Å². The predicted molar refractivity (Wildman–Crippen MR) is 62.4 cm³/mol. The molecule has 0 saturated carbocycles. The number of pyridine rings is 1. The minimum absolute atomic E-state index is 0.104. The molecule has 1 heterocycles. The normalized spacial score (nSPS) is 9.50. The maximum atomic E-state index is 11.0. The number of hydrogen-bond donors (Lipinski definition) is 1. The van der Waals surface area contributed by atoms with Crippen LogP contribution in [0.25, 0.3) is 0 Å². The number of ether oxygens (including phenoxy) is 1. The quantitative estimate of drug-likeness (QED) is 0.890. The van der Waals surface area contributed by atoms with Crippen molar-refractivity contribution in [3.63, 3.8) is 0 Å². The summed E-state index contributed by atoms with van der Waals surface area (Å²) in [5, 5.41) is 17.9. The summed E-state index contributed by atoms with van der Waals surface area (Å²) in [5.41, 5.74) is 0.142. The maximum absolute atomic E-state index is 11.0. The molecule has 1 N–H and O–H groups in total. The maximum Gasteiger partial charge on any atom is 0.358 e. The smallest absolute Gasteiger partial charge is 0.358 e. The standard InChI is InChI=1S/C13H8N2O3/c14-8-9-4-1-2-5-10(9)18-11-6-3-7-15-12(11)13(16)17/h1-7H,(H,16,17). The Morgan fingerprint density at radius 3 is 2.67 bits per heavy atom. The van der Waals surface area contributed by atoms with Crippen LogP contribution in [0.5, 0.6) is 11.5 Å². The Balaban J connectivity index is 2.41. The third kappa shape index (κ3) is 2.28. The van der Waals surface area contributed by atoms with E-state index < -0.39 is 5.97 Å². The van der Waals surface area contributed by atoms with Gasteiger partial charge in [-0.05, 0) is 24.3 Å². The summed E-state index contributed by atoms with van der Waals surface area (Å²) in [6.45, 7) is 0. The van der Waals surface area contributed by atoms with E-state index in [1.807, 2.05) is 6.07 Å². The lowest BCUT2D eigenvalue weighted by Gasteiger charge is -2.08. The fraction of sp³-hybridized carbons (Fsp3) is 0. The highest BCUT2D eigenvalue weighted by Crippen LogP contribution is 2.26. The number of carboxylic acids is 1. The molecule has 1 aromatic heterocycles. The summed E-state index contributed by atoms with van der Waals surface area (Å²) in [6.07, 6.45) is 1.37. The first-order valence-corrected chi connectivity index (χ1v) is 5.07. The monoisotopic (exact) mass is 240 g/mol. The molecule has 18 heavy (non-hydrogen) atoms. The van der Waals surface area contributed by atoms with Crippen molar-refractivity contribution >= 4 is 5.97 Å². The average molecular weight is 240 g/mol. The molecule has 0 aliphatic rings. The molecule has 1 aromatic carbocycles. The van der Waals surface area contributed by atoms with Crippen LogP contribution in [0.15, 0.2) is 42.6 Å². The molecule has 0 saturated heterocycles. The third-order valence-corrected chi connectivity index (χ3v) is 2.20. The molecule has 0 bridgehead atoms. The van der Waals surface area contributed by atoms with Gasteiger partial charge < -0.3 is 9.84 Å². The Morgan fingerprint density at radius 1 is 1.22 bits per heavy atom. The minimum Gasteiger partial charge on any atom is -0.476 e. The van der Waals surface area contributed by atoms with Crippen molar-refractivity contribution < 1.29 is 14.6 Å². The highest BCUT2D eigenvalue weighted by Gasteiger charge is 2.14. The van der Waals surface area contributed by atoms with E-state index in [9.17, 15) is 4.79 Å². The van der Waals surface area contributed by atoms with Gasteiger partial charge in [-0.2, -0.15) is 5.26 Å². The predicted octanol–water partition coefficient (Wildman–Crippen LogP) is 2.44. The zero-order valence-corrected chi connectivity index (χ0v) is 9.20. The number of nitriles is 1. The largest absolute Gasteiger partial charge is 0.476 e. The van der Waals surface area contributed by atoms with Crippen LogP contribution in [-0.4, -0.2) is 16.1 Å². The molecule has 88 valence electrons. The molecule has 5 nitrogen and oxygen atoms in total. The average Bonchev–Trinajstić information content (AvgIpc) is 2.40. The van der Waals surface area contributed by atoms with Crippen LogP contribution in [0.4, 0.5) is 0 Å². The molecular weight excluding hydrogens is 232 g/mol. The summed E-state index contributed by atoms with van der Waals surface area (Å²) in [6, 6.07) is 11.6. The second-order valence-corrected chi connectivity index (χ2v) is 3.37. The number of rotatable bonds is 3. The van der Waals surface area contributed by atoms with Gasteiger partial charge in [0.05, 0.1) is 5.56 Å². The molecule has 2 rings (SSSR count). The van der Waals surface area contributed by atoms with Crippen molar-refractivity contribution in [2.75, 3.05) is 0 Å². The van der Waals surface area contributed by atoms with Crippen LogP contribution in [0.3, 0.4) is 0 Å². The fourth-order valence-electron chi connectivity index (χ4n) is 1.40. The van der Waals surface area contributed by atoms with Gasteiger partial charge in [0.25, 0.3) is 0 Å². The molecular formula is C13H8N2O3. The Hall–Kier alpha value is -2.87. The molecule has 0 radical (unpaired) electrons. The van der Waals surface area contributed by atoms with Gasteiger partial charge in [0, 0.05) is 6.20 Å². The Kier molecular flexibility index (Phi) is 3.21. The van der Waals surface area contributed by atoms with E-state index in [1.165, 1.54) is 12.3 Å². The highest BCUT2D eigenvalue weighted by atomic mass is 16.5. The topological polar surface area (TPSA) is 83.2 Å². The van der Waals surface area contributed by atoms with Crippen molar-refractivity contribution in [2.45, 2.75) is 0 Å². The number of hydrogen-bond acceptors (Lipinski definition) is 4. The van der Waals surface area contributed by atoms with E-state index in [2.05, 4.69) is 4.98 Å². The molecule has 0 atom stereocenters. The van der Waals surface area contributed by atoms with E-state index >= 15 is 0 Å². The van der Waals surface area contributed by atoms with Gasteiger partial charge in [-0.25, -0.2) is 9.78 Å². The van der Waals surface area contributed by atoms with Crippen LogP contribution in [0.2, 0.25) is 0 Å². The van der Waals surface area contributed by atoms with Gasteiger partial charge in [0.1, 0.15) is 11.8 Å². The van der Waals surface area contributed by atoms with Crippen molar-refractivity contribution in [1.29, 1.82) is 5.26 Å². The lowest BCUT2D eigenvalue weighted by atomic mass is 10.2. The number of benzene rings is 1. The summed E-state index contributed by atoms with van der Waals surface area (Å²) >= 11 is 0. The SMILES string of the molecule is N#Cc1ccccc1Oc1cccnc1C(=O)O. The van der Waals surface area contributed by atoms with Crippen LogP contribution < -0.4 is 4.74 Å². The van der Waals surface area contributed by atoms with Crippen molar-refractivity contribution in [1.82, 2.24) is 4.98 Å². The highest BCUT2D eigenvalue weighted by molar-refractivity contribution is 5.88. The first-order chi connectivity index (χ1) is 8.72. The lowest BCUT2D eigenvalue weighted by molar-refractivity contribution is 0.0687. The summed E-state index contributed by atoms with van der Waals surface area (Å²) in [4.78, 5) is 14.7. The van der Waals surface area contributed by atoms with Gasteiger partial charge in [-0.15, -0.1) is 0 Å². The number of carboxylic acid groups (broad SMARTS) is 1. The molecule has 5 heteroatoms. The van der Waals surface area contributed by atoms with E-state index in [4.69, 9.17) is 15.1 Å². The summed E-state index contributed by atoms with van der Waals surface area (Å²) < 4.78 is 5.43. The van der Waals surface area contributed by atoms with E-state index in [0.29, 0.717) is 11.3 Å². The third-order valence-electron chi connectivity index (χ3n) is 2.20. The van der Waals surface area contributed by atoms with Crippen LogP contribution >= 0.6 is 0 Å².